The van der Waals surface area contributed by atoms with Crippen molar-refractivity contribution in [2.75, 3.05) is 0 Å². The molecule has 4 heteroatoms. The summed E-state index contributed by atoms with van der Waals surface area (Å²) in [7, 11) is 0. The Morgan fingerprint density at radius 2 is 2.07 bits per heavy atom. The summed E-state index contributed by atoms with van der Waals surface area (Å²) in [6.07, 6.45) is 2.99. The second-order valence-corrected chi connectivity index (χ2v) is 2.97. The molecule has 0 saturated heterocycles. The maximum atomic E-state index is 12.8. The second kappa shape index (κ2) is 4.42. The number of nitrogens with zero attached hydrogens (tertiary/aromatic N) is 2. The minimum absolute atomic E-state index is 0.353. The van der Waals surface area contributed by atoms with Crippen LogP contribution in [0.25, 0.3) is 5.52 Å². The van der Waals surface area contributed by atoms with Crippen LogP contribution in [-0.2, 0) is 0 Å². The van der Waals surface area contributed by atoms with Gasteiger partial charge in [0, 0.05) is 6.20 Å². The largest absolute Gasteiger partial charge is 0.300 e. The van der Waals surface area contributed by atoms with Crippen LogP contribution in [-0.4, -0.2) is 9.38 Å². The fraction of sp³-hybridized carbons (Fsp3) is 0.300. The minimum Gasteiger partial charge on any atom is -0.300 e. The van der Waals surface area contributed by atoms with Crippen LogP contribution in [0.1, 0.15) is 19.7 Å². The van der Waals surface area contributed by atoms with Crippen molar-refractivity contribution in [1.82, 2.24) is 9.38 Å². The Balaban J connectivity index is 0.000000461. The van der Waals surface area contributed by atoms with E-state index in [-0.39, 0.29) is 5.82 Å². The third-order valence-corrected chi connectivity index (χ3v) is 2.05. The van der Waals surface area contributed by atoms with E-state index in [1.54, 1.807) is 17.5 Å². The number of hydrogen-bond acceptors (Lipinski definition) is 1. The van der Waals surface area contributed by atoms with Gasteiger partial charge >= 0.3 is 0 Å². The molecule has 0 aliphatic carbocycles. The molecule has 0 bridgehead atoms. The fourth-order valence-corrected chi connectivity index (χ4v) is 1.39. The first-order valence-electron chi connectivity index (χ1n) is 4.47. The number of imidazole rings is 1. The highest BCUT2D eigenvalue weighted by Gasteiger charge is 2.04. The molecular formula is C10H12ClFN2. The Hall–Kier alpha value is -1.09. The lowest BCUT2D eigenvalue weighted by molar-refractivity contribution is 0.618. The topological polar surface area (TPSA) is 17.3 Å². The lowest BCUT2D eigenvalue weighted by atomic mass is 10.4. The van der Waals surface area contributed by atoms with Gasteiger partial charge in [0.05, 0.1) is 16.7 Å². The zero-order chi connectivity index (χ0) is 10.7. The minimum atomic E-state index is -0.353. The number of fused-ring (bicyclic) bond motifs is 1. The average Bonchev–Trinajstić information content (AvgIpc) is 2.52. The first kappa shape index (κ1) is 11.0. The van der Waals surface area contributed by atoms with Gasteiger partial charge in [0.15, 0.2) is 0 Å². The Morgan fingerprint density at radius 1 is 1.43 bits per heavy atom. The molecule has 2 nitrogen and oxygen atoms in total. The van der Waals surface area contributed by atoms with Gasteiger partial charge < -0.3 is 0 Å². The van der Waals surface area contributed by atoms with Crippen molar-refractivity contribution in [3.63, 3.8) is 0 Å². The van der Waals surface area contributed by atoms with Crippen LogP contribution in [0.4, 0.5) is 4.39 Å². The summed E-state index contributed by atoms with van der Waals surface area (Å²) < 4.78 is 14.4. The van der Waals surface area contributed by atoms with Crippen molar-refractivity contribution in [1.29, 1.82) is 0 Å². The number of aromatic nitrogens is 2. The third kappa shape index (κ3) is 1.87. The molecule has 0 radical (unpaired) electrons. The molecule has 0 atom stereocenters. The normalized spacial score (nSPS) is 9.79. The number of aryl methyl sites for hydroxylation is 1. The summed E-state index contributed by atoms with van der Waals surface area (Å²) in [5.41, 5.74) is 0.732. The molecular weight excluding hydrogens is 203 g/mol. The van der Waals surface area contributed by atoms with Crippen molar-refractivity contribution in [2.45, 2.75) is 20.8 Å². The molecule has 0 spiro atoms. The van der Waals surface area contributed by atoms with Crippen LogP contribution < -0.4 is 0 Å². The number of pyridine rings is 1. The quantitative estimate of drug-likeness (QED) is 0.657. The van der Waals surface area contributed by atoms with E-state index in [1.807, 2.05) is 13.8 Å². The smallest absolute Gasteiger partial charge is 0.141 e. The summed E-state index contributed by atoms with van der Waals surface area (Å²) in [5, 5.41) is 0.385. The van der Waals surface area contributed by atoms with Gasteiger partial charge in [-0.3, -0.25) is 4.40 Å². The monoisotopic (exact) mass is 214 g/mol. The van der Waals surface area contributed by atoms with Gasteiger partial charge in [0.1, 0.15) is 11.6 Å². The van der Waals surface area contributed by atoms with E-state index in [1.165, 1.54) is 12.3 Å². The molecule has 14 heavy (non-hydrogen) atoms. The molecule has 0 fully saturated rings. The van der Waals surface area contributed by atoms with Gasteiger partial charge in [-0.25, -0.2) is 9.37 Å². The van der Waals surface area contributed by atoms with Gasteiger partial charge in [-0.15, -0.1) is 0 Å². The van der Waals surface area contributed by atoms with Gasteiger partial charge in [-0.05, 0) is 13.0 Å². The maximum absolute atomic E-state index is 12.8. The summed E-state index contributed by atoms with van der Waals surface area (Å²) in [4.78, 5) is 4.01. The van der Waals surface area contributed by atoms with E-state index in [2.05, 4.69) is 4.98 Å². The maximum Gasteiger partial charge on any atom is 0.141 e. The molecule has 0 saturated carbocycles. The van der Waals surface area contributed by atoms with Crippen LogP contribution in [0, 0.1) is 12.7 Å². The molecule has 2 aromatic rings. The lowest BCUT2D eigenvalue weighted by Crippen LogP contribution is -1.89. The second-order valence-electron chi connectivity index (χ2n) is 2.57. The van der Waals surface area contributed by atoms with Crippen molar-refractivity contribution < 1.29 is 4.39 Å². The molecule has 2 aromatic heterocycles. The molecule has 0 unspecified atom stereocenters. The molecule has 0 N–H and O–H groups in total. The molecule has 0 aliphatic rings. The Bertz CT molecular complexity index is 437. The summed E-state index contributed by atoms with van der Waals surface area (Å²) in [6, 6.07) is 1.28. The Labute approximate surface area is 87.3 Å². The first-order valence-corrected chi connectivity index (χ1v) is 4.85. The highest BCUT2D eigenvalue weighted by Crippen LogP contribution is 2.19. The molecule has 2 heterocycles. The molecule has 0 amide bonds. The van der Waals surface area contributed by atoms with E-state index in [4.69, 9.17) is 11.6 Å². The number of rotatable bonds is 0. The van der Waals surface area contributed by atoms with Crippen LogP contribution in [0.5, 0.6) is 0 Å². The predicted octanol–water partition coefficient (Wildman–Crippen LogP) is 3.46. The Morgan fingerprint density at radius 3 is 2.71 bits per heavy atom. The van der Waals surface area contributed by atoms with E-state index < -0.39 is 0 Å². The third-order valence-electron chi connectivity index (χ3n) is 1.74. The van der Waals surface area contributed by atoms with Crippen molar-refractivity contribution >= 4 is 17.1 Å². The highest BCUT2D eigenvalue weighted by atomic mass is 35.5. The fourth-order valence-electron chi connectivity index (χ4n) is 1.15. The molecule has 76 valence electrons. The van der Waals surface area contributed by atoms with Crippen molar-refractivity contribution in [3.8, 4) is 0 Å². The average molecular weight is 215 g/mol. The molecule has 2 rings (SSSR count). The van der Waals surface area contributed by atoms with Gasteiger partial charge in [0.25, 0.3) is 0 Å². The zero-order valence-corrected chi connectivity index (χ0v) is 9.14. The van der Waals surface area contributed by atoms with Crippen LogP contribution in [0.2, 0.25) is 5.02 Å². The number of halogens is 2. The van der Waals surface area contributed by atoms with Crippen LogP contribution in [0.15, 0.2) is 18.5 Å². The lowest BCUT2D eigenvalue weighted by Gasteiger charge is -1.97. The standard InChI is InChI=1S/C8H6ClFN2.C2H6/c1-5-11-3-8-7(9)2-6(10)4-12(5)8;1-2/h2-4H,1H3;1-2H3. The van der Waals surface area contributed by atoms with Crippen molar-refractivity contribution in [3.05, 3.63) is 35.1 Å². The molecule has 0 aliphatic heterocycles. The summed E-state index contributed by atoms with van der Waals surface area (Å²) in [5.74, 6) is 0.375. The van der Waals surface area contributed by atoms with E-state index in [9.17, 15) is 4.39 Å². The predicted molar refractivity (Wildman–Crippen MR) is 56.2 cm³/mol. The SMILES string of the molecule is CC.Cc1ncc2c(Cl)cc(F)cn12. The van der Waals surface area contributed by atoms with E-state index in [0.29, 0.717) is 5.02 Å². The van der Waals surface area contributed by atoms with Gasteiger partial charge in [-0.2, -0.15) is 0 Å². The molecule has 0 aromatic carbocycles. The van der Waals surface area contributed by atoms with Gasteiger partial charge in [-0.1, -0.05) is 25.4 Å². The zero-order valence-electron chi connectivity index (χ0n) is 8.38. The number of hydrogen-bond donors (Lipinski definition) is 0. The van der Waals surface area contributed by atoms with Gasteiger partial charge in [0.2, 0.25) is 0 Å². The first-order chi connectivity index (χ1) is 6.68. The highest BCUT2D eigenvalue weighted by molar-refractivity contribution is 6.33. The Kier molecular flexibility index (Phi) is 3.47. The summed E-state index contributed by atoms with van der Waals surface area (Å²) >= 11 is 5.77. The van der Waals surface area contributed by atoms with E-state index in [0.717, 1.165) is 11.3 Å². The van der Waals surface area contributed by atoms with E-state index >= 15 is 0 Å². The van der Waals surface area contributed by atoms with Crippen molar-refractivity contribution in [2.24, 2.45) is 0 Å². The van der Waals surface area contributed by atoms with Crippen LogP contribution >= 0.6 is 11.6 Å². The van der Waals surface area contributed by atoms with Crippen LogP contribution in [0.3, 0.4) is 0 Å². The summed E-state index contributed by atoms with van der Waals surface area (Å²) in [6.45, 7) is 5.79.